The summed E-state index contributed by atoms with van der Waals surface area (Å²) in [7, 11) is 1.72. The molecule has 7 nitrogen and oxygen atoms in total. The highest BCUT2D eigenvalue weighted by Gasteiger charge is 2.32. The van der Waals surface area contributed by atoms with E-state index >= 15 is 0 Å². The van der Waals surface area contributed by atoms with Gasteiger partial charge in [0.2, 0.25) is 5.91 Å². The Morgan fingerprint density at radius 3 is 2.92 bits per heavy atom. The number of amides is 2. The van der Waals surface area contributed by atoms with E-state index in [0.29, 0.717) is 30.5 Å². The van der Waals surface area contributed by atoms with E-state index in [-0.39, 0.29) is 23.7 Å². The molecule has 4 atom stereocenters. The van der Waals surface area contributed by atoms with Crippen molar-refractivity contribution in [3.8, 4) is 0 Å². The molecular weight excluding hydrogens is 479 g/mol. The molecule has 3 N–H and O–H groups in total. The molecule has 2 aromatic rings. The van der Waals surface area contributed by atoms with Crippen molar-refractivity contribution in [2.45, 2.75) is 57.3 Å². The summed E-state index contributed by atoms with van der Waals surface area (Å²) in [6.07, 6.45) is 6.98. The number of aliphatic hydroxyl groups excluding tert-OH is 1. The topological polar surface area (TPSA) is 94.6 Å². The van der Waals surface area contributed by atoms with Crippen molar-refractivity contribution in [3.63, 3.8) is 0 Å². The fraction of sp³-hybridized carbons (Fsp3) is 0.444. The van der Waals surface area contributed by atoms with Crippen LogP contribution in [0.1, 0.15) is 35.5 Å². The highest BCUT2D eigenvalue weighted by Crippen LogP contribution is 2.22. The van der Waals surface area contributed by atoms with Crippen molar-refractivity contribution in [3.05, 3.63) is 75.5 Å². The van der Waals surface area contributed by atoms with E-state index in [9.17, 15) is 19.1 Å². The number of nitrogens with one attached hydrogen (secondary N) is 2. The lowest BCUT2D eigenvalue weighted by Crippen LogP contribution is -2.53. The number of halogens is 1. The molecule has 2 aliphatic rings. The molecule has 9 heteroatoms. The van der Waals surface area contributed by atoms with Crippen LogP contribution in [0.3, 0.4) is 0 Å². The fourth-order valence-corrected chi connectivity index (χ4v) is 5.55. The molecule has 2 heterocycles. The minimum absolute atomic E-state index is 0.133. The first-order chi connectivity index (χ1) is 17.3. The van der Waals surface area contributed by atoms with Crippen LogP contribution in [0.15, 0.2) is 53.4 Å². The summed E-state index contributed by atoms with van der Waals surface area (Å²) in [6.45, 7) is 3.13. The predicted octanol–water partition coefficient (Wildman–Crippen LogP) is 2.89. The first kappa shape index (κ1) is 26.2. The number of carbonyl (C=O) groups excluding carboxylic acids is 2. The number of likely N-dealkylation sites (N-methyl/N-ethyl adjacent to an activating group) is 1. The van der Waals surface area contributed by atoms with Gasteiger partial charge in [-0.1, -0.05) is 30.4 Å². The Balaban J connectivity index is 1.45. The van der Waals surface area contributed by atoms with Crippen LogP contribution in [0.4, 0.5) is 4.39 Å². The number of benzene rings is 1. The zero-order valence-electron chi connectivity index (χ0n) is 20.6. The van der Waals surface area contributed by atoms with E-state index < -0.39 is 18.1 Å². The summed E-state index contributed by atoms with van der Waals surface area (Å²) in [5.41, 5.74) is 2.08. The second-order valence-corrected chi connectivity index (χ2v) is 10.5. The number of nitrogens with zero attached hydrogens (tertiary/aromatic N) is 2. The monoisotopic (exact) mass is 512 g/mol. The maximum atomic E-state index is 13.8. The molecule has 0 radical (unpaired) electrons. The number of allylic oxidation sites excluding steroid dienone is 1. The molecule has 192 valence electrons. The van der Waals surface area contributed by atoms with Crippen LogP contribution in [-0.4, -0.2) is 58.6 Å². The van der Waals surface area contributed by atoms with Gasteiger partial charge < -0.3 is 20.6 Å². The molecule has 1 fully saturated rings. The van der Waals surface area contributed by atoms with Gasteiger partial charge in [0, 0.05) is 29.7 Å². The molecule has 0 saturated carbocycles. The van der Waals surface area contributed by atoms with Crippen LogP contribution >= 0.6 is 11.3 Å². The zero-order chi connectivity index (χ0) is 25.7. The van der Waals surface area contributed by atoms with Gasteiger partial charge in [0.25, 0.3) is 5.91 Å². The maximum absolute atomic E-state index is 13.8. The summed E-state index contributed by atoms with van der Waals surface area (Å²) in [6, 6.07) is 5.48. The number of hydrogen-bond donors (Lipinski definition) is 3. The Bertz CT molecular complexity index is 1140. The molecule has 36 heavy (non-hydrogen) atoms. The standard InChI is InChI=1S/C27H33FN4O3S/c1-17-16-36-24(30-17)15-32(2)27(35)20-8-4-7-19(14-20)26(34)31-23(25(33)22-10-5-11-29-22)13-18-6-3-9-21(28)12-18/h3-4,6,8-9,12,14,16,19,22-23,25,29,33H,5,7,10-11,13,15H2,1-2H3,(H,31,34)/t19?,22-,23+,25-/m1/s1. The Kier molecular flexibility index (Phi) is 8.66. The van der Waals surface area contributed by atoms with Gasteiger partial charge in [-0.15, -0.1) is 11.3 Å². The quantitative estimate of drug-likeness (QED) is 0.480. The number of hydrogen-bond acceptors (Lipinski definition) is 6. The van der Waals surface area contributed by atoms with Gasteiger partial charge >= 0.3 is 0 Å². The minimum Gasteiger partial charge on any atom is -0.389 e. The second kappa shape index (κ2) is 11.9. The van der Waals surface area contributed by atoms with E-state index in [4.69, 9.17) is 0 Å². The van der Waals surface area contributed by atoms with Gasteiger partial charge in [0.05, 0.1) is 24.6 Å². The van der Waals surface area contributed by atoms with Crippen molar-refractivity contribution in [1.29, 1.82) is 0 Å². The van der Waals surface area contributed by atoms with Crippen LogP contribution in [0.2, 0.25) is 0 Å². The third kappa shape index (κ3) is 6.66. The third-order valence-corrected chi connectivity index (χ3v) is 7.58. The van der Waals surface area contributed by atoms with Gasteiger partial charge in [-0.05, 0) is 56.8 Å². The molecule has 1 saturated heterocycles. The van der Waals surface area contributed by atoms with Crippen LogP contribution in [-0.2, 0) is 22.6 Å². The van der Waals surface area contributed by atoms with E-state index in [1.54, 1.807) is 36.2 Å². The van der Waals surface area contributed by atoms with Gasteiger partial charge in [-0.25, -0.2) is 9.37 Å². The number of thiazole rings is 1. The molecule has 0 bridgehead atoms. The summed E-state index contributed by atoms with van der Waals surface area (Å²) in [5, 5.41) is 20.2. The fourth-order valence-electron chi connectivity index (χ4n) is 4.73. The van der Waals surface area contributed by atoms with Gasteiger partial charge in [-0.3, -0.25) is 9.59 Å². The lowest BCUT2D eigenvalue weighted by Gasteiger charge is -2.30. The summed E-state index contributed by atoms with van der Waals surface area (Å²) >= 11 is 1.51. The zero-order valence-corrected chi connectivity index (χ0v) is 21.4. The number of aromatic nitrogens is 1. The molecular formula is C27H33FN4O3S. The lowest BCUT2D eigenvalue weighted by molar-refractivity contribution is -0.126. The second-order valence-electron chi connectivity index (χ2n) is 9.55. The van der Waals surface area contributed by atoms with Crippen molar-refractivity contribution in [2.75, 3.05) is 13.6 Å². The van der Waals surface area contributed by atoms with Gasteiger partial charge in [0.15, 0.2) is 0 Å². The number of rotatable bonds is 9. The molecule has 1 unspecified atom stereocenters. The van der Waals surface area contributed by atoms with Crippen LogP contribution in [0, 0.1) is 18.7 Å². The van der Waals surface area contributed by atoms with E-state index in [1.807, 2.05) is 18.4 Å². The number of aryl methyl sites for hydroxylation is 1. The Morgan fingerprint density at radius 2 is 2.22 bits per heavy atom. The number of aliphatic hydroxyl groups is 1. The van der Waals surface area contributed by atoms with E-state index in [0.717, 1.165) is 30.1 Å². The number of carbonyl (C=O) groups is 2. The van der Waals surface area contributed by atoms with Crippen molar-refractivity contribution < 1.29 is 19.1 Å². The summed E-state index contributed by atoms with van der Waals surface area (Å²) < 4.78 is 13.8. The highest BCUT2D eigenvalue weighted by molar-refractivity contribution is 7.09. The first-order valence-electron chi connectivity index (χ1n) is 12.3. The third-order valence-electron chi connectivity index (χ3n) is 6.63. The SMILES string of the molecule is Cc1csc(CN(C)C(=O)C2=CC(C(=O)N[C@@H](Cc3cccc(F)c3)[C@H](O)[C@H]3CCCN3)CC=C2)n1. The highest BCUT2D eigenvalue weighted by atomic mass is 32.1. The molecule has 2 amide bonds. The van der Waals surface area contributed by atoms with Crippen LogP contribution in [0.25, 0.3) is 0 Å². The summed E-state index contributed by atoms with van der Waals surface area (Å²) in [5.74, 6) is -1.33. The van der Waals surface area contributed by atoms with E-state index in [2.05, 4.69) is 15.6 Å². The van der Waals surface area contributed by atoms with Gasteiger partial charge in [-0.2, -0.15) is 0 Å². The molecule has 1 aromatic carbocycles. The molecule has 0 spiro atoms. The Hall–Kier alpha value is -2.88. The van der Waals surface area contributed by atoms with Gasteiger partial charge in [0.1, 0.15) is 10.8 Å². The average molecular weight is 513 g/mol. The lowest BCUT2D eigenvalue weighted by atomic mass is 9.92. The molecule has 1 aliphatic heterocycles. The molecule has 1 aromatic heterocycles. The van der Waals surface area contributed by atoms with Crippen LogP contribution in [0.5, 0.6) is 0 Å². The van der Waals surface area contributed by atoms with Crippen molar-refractivity contribution in [2.24, 2.45) is 5.92 Å². The molecule has 1 aliphatic carbocycles. The largest absolute Gasteiger partial charge is 0.389 e. The normalized spacial score (nSPS) is 21.1. The maximum Gasteiger partial charge on any atom is 0.253 e. The van der Waals surface area contributed by atoms with E-state index in [1.165, 1.54) is 23.5 Å². The Labute approximate surface area is 215 Å². The predicted molar refractivity (Wildman–Crippen MR) is 138 cm³/mol. The average Bonchev–Trinajstić information content (AvgIpc) is 3.55. The van der Waals surface area contributed by atoms with Crippen molar-refractivity contribution in [1.82, 2.24) is 20.5 Å². The smallest absolute Gasteiger partial charge is 0.253 e. The van der Waals surface area contributed by atoms with Crippen molar-refractivity contribution >= 4 is 23.2 Å². The Morgan fingerprint density at radius 1 is 1.39 bits per heavy atom. The minimum atomic E-state index is -0.822. The molecule has 4 rings (SSSR count). The first-order valence-corrected chi connectivity index (χ1v) is 13.2. The summed E-state index contributed by atoms with van der Waals surface area (Å²) in [4.78, 5) is 32.3. The van der Waals surface area contributed by atoms with Crippen LogP contribution < -0.4 is 10.6 Å².